The van der Waals surface area contributed by atoms with Crippen molar-refractivity contribution < 1.29 is 14.1 Å². The summed E-state index contributed by atoms with van der Waals surface area (Å²) in [5, 5.41) is 6.11. The van der Waals surface area contributed by atoms with Crippen molar-refractivity contribution in [3.05, 3.63) is 12.3 Å². The van der Waals surface area contributed by atoms with E-state index in [0.29, 0.717) is 5.82 Å². The lowest BCUT2D eigenvalue weighted by Crippen LogP contribution is -2.42. The maximum absolute atomic E-state index is 11.7. The molecule has 0 radical (unpaired) electrons. The molecule has 0 spiro atoms. The number of anilines is 1. The maximum atomic E-state index is 11.7. The van der Waals surface area contributed by atoms with Crippen molar-refractivity contribution in [2.75, 3.05) is 11.9 Å². The lowest BCUT2D eigenvalue weighted by molar-refractivity contribution is -0.134. The minimum absolute atomic E-state index is 0.0250. The van der Waals surface area contributed by atoms with E-state index in [-0.39, 0.29) is 24.4 Å². The van der Waals surface area contributed by atoms with E-state index in [4.69, 9.17) is 0 Å². The number of aromatic nitrogens is 1. The first kappa shape index (κ1) is 13.2. The number of hydrogen-bond acceptors (Lipinski definition) is 4. The summed E-state index contributed by atoms with van der Waals surface area (Å²) in [5.41, 5.74) is 0. The van der Waals surface area contributed by atoms with Gasteiger partial charge in [-0.25, -0.2) is 0 Å². The van der Waals surface area contributed by atoms with Gasteiger partial charge in [-0.15, -0.1) is 0 Å². The molecule has 0 aliphatic carbocycles. The Hall–Kier alpha value is -1.85. The molecule has 94 valence electrons. The van der Waals surface area contributed by atoms with Crippen molar-refractivity contribution >= 4 is 17.6 Å². The second-order valence-corrected chi connectivity index (χ2v) is 3.84. The largest absolute Gasteiger partial charge is 0.363 e. The van der Waals surface area contributed by atoms with Gasteiger partial charge in [0.15, 0.2) is 5.82 Å². The number of rotatable bonds is 5. The molecule has 1 N–H and O–H groups in total. The van der Waals surface area contributed by atoms with Gasteiger partial charge >= 0.3 is 0 Å². The van der Waals surface area contributed by atoms with Crippen LogP contribution in [0.5, 0.6) is 0 Å². The number of nitrogens with one attached hydrogen (secondary N) is 1. The number of hydrogen-bond donors (Lipinski definition) is 1. The van der Waals surface area contributed by atoms with Crippen LogP contribution in [0.3, 0.4) is 0 Å². The summed E-state index contributed by atoms with van der Waals surface area (Å²) in [6.07, 6.45) is 2.17. The van der Waals surface area contributed by atoms with Crippen LogP contribution in [0.1, 0.15) is 27.2 Å². The molecule has 0 saturated carbocycles. The molecular formula is C11H17N3O3. The van der Waals surface area contributed by atoms with Crippen LogP contribution in [0.15, 0.2) is 16.9 Å². The highest BCUT2D eigenvalue weighted by Crippen LogP contribution is 2.05. The van der Waals surface area contributed by atoms with Crippen molar-refractivity contribution in [1.82, 2.24) is 10.1 Å². The summed E-state index contributed by atoms with van der Waals surface area (Å²) in [6, 6.07) is 1.58. The number of nitrogens with zero attached hydrogens (tertiary/aromatic N) is 2. The number of carbonyl (C=O) groups excluding carboxylic acids is 2. The van der Waals surface area contributed by atoms with E-state index in [1.165, 1.54) is 18.1 Å². The van der Waals surface area contributed by atoms with Crippen molar-refractivity contribution in [2.24, 2.45) is 0 Å². The second-order valence-electron chi connectivity index (χ2n) is 3.84. The van der Waals surface area contributed by atoms with Gasteiger partial charge in [-0.2, -0.15) is 0 Å². The third-order valence-electron chi connectivity index (χ3n) is 2.55. The Balaban J connectivity index is 2.55. The first-order valence-corrected chi connectivity index (χ1v) is 5.52. The Labute approximate surface area is 99.9 Å². The number of amides is 2. The first-order chi connectivity index (χ1) is 8.04. The summed E-state index contributed by atoms with van der Waals surface area (Å²) in [5.74, 6) is -0.0493. The Morgan fingerprint density at radius 3 is 2.76 bits per heavy atom. The van der Waals surface area contributed by atoms with Gasteiger partial charge in [-0.3, -0.25) is 9.59 Å². The molecular weight excluding hydrogens is 222 g/mol. The minimum atomic E-state index is -0.283. The van der Waals surface area contributed by atoms with Crippen LogP contribution in [-0.2, 0) is 9.59 Å². The maximum Gasteiger partial charge on any atom is 0.245 e. The van der Waals surface area contributed by atoms with Crippen LogP contribution in [-0.4, -0.2) is 34.5 Å². The molecule has 1 aromatic heterocycles. The molecule has 6 nitrogen and oxygen atoms in total. The first-order valence-electron chi connectivity index (χ1n) is 5.52. The fourth-order valence-corrected chi connectivity index (χ4v) is 1.41. The zero-order valence-electron chi connectivity index (χ0n) is 10.3. The Kier molecular flexibility index (Phi) is 4.68. The molecule has 1 unspecified atom stereocenters. The molecule has 0 saturated heterocycles. The topological polar surface area (TPSA) is 75.4 Å². The predicted molar refractivity (Wildman–Crippen MR) is 62.3 cm³/mol. The van der Waals surface area contributed by atoms with Gasteiger partial charge in [0, 0.05) is 19.0 Å². The second kappa shape index (κ2) is 6.03. The number of carbonyl (C=O) groups is 2. The molecule has 6 heteroatoms. The van der Waals surface area contributed by atoms with Crippen LogP contribution in [0.25, 0.3) is 0 Å². The molecule has 17 heavy (non-hydrogen) atoms. The molecule has 0 aromatic carbocycles. The highest BCUT2D eigenvalue weighted by Gasteiger charge is 2.18. The molecule has 1 heterocycles. The van der Waals surface area contributed by atoms with Crippen LogP contribution < -0.4 is 5.32 Å². The lowest BCUT2D eigenvalue weighted by Gasteiger charge is -2.26. The average Bonchev–Trinajstić information content (AvgIpc) is 2.77. The van der Waals surface area contributed by atoms with E-state index in [9.17, 15) is 9.59 Å². The van der Waals surface area contributed by atoms with Crippen LogP contribution >= 0.6 is 0 Å². The fraction of sp³-hybridized carbons (Fsp3) is 0.545. The van der Waals surface area contributed by atoms with Gasteiger partial charge in [0.1, 0.15) is 12.8 Å². The molecule has 1 atom stereocenters. The van der Waals surface area contributed by atoms with Crippen molar-refractivity contribution in [3.63, 3.8) is 0 Å². The molecule has 2 amide bonds. The molecule has 1 aromatic rings. The van der Waals surface area contributed by atoms with Crippen LogP contribution in [0, 0.1) is 0 Å². The standard InChI is InChI=1S/C11H17N3O3/c1-4-8(2)14(9(3)15)7-11(16)12-10-5-6-17-13-10/h5-6,8H,4,7H2,1-3H3,(H,12,13,16). The highest BCUT2D eigenvalue weighted by atomic mass is 16.5. The SMILES string of the molecule is CCC(C)N(CC(=O)Nc1ccon1)C(C)=O. The van der Waals surface area contributed by atoms with Crippen molar-refractivity contribution in [1.29, 1.82) is 0 Å². The van der Waals surface area contributed by atoms with Gasteiger partial charge in [-0.05, 0) is 13.3 Å². The van der Waals surface area contributed by atoms with E-state index < -0.39 is 0 Å². The summed E-state index contributed by atoms with van der Waals surface area (Å²) < 4.78 is 4.59. The highest BCUT2D eigenvalue weighted by molar-refractivity contribution is 5.93. The third kappa shape index (κ3) is 3.90. The van der Waals surface area contributed by atoms with Crippen LogP contribution in [0.4, 0.5) is 5.82 Å². The molecule has 0 aliphatic heterocycles. The molecule has 0 bridgehead atoms. The van der Waals surface area contributed by atoms with Gasteiger partial charge in [0.05, 0.1) is 0 Å². The Morgan fingerprint density at radius 2 is 2.29 bits per heavy atom. The van der Waals surface area contributed by atoms with E-state index in [2.05, 4.69) is 15.0 Å². The third-order valence-corrected chi connectivity index (χ3v) is 2.55. The van der Waals surface area contributed by atoms with Gasteiger partial charge in [-0.1, -0.05) is 12.1 Å². The molecule has 1 rings (SSSR count). The lowest BCUT2D eigenvalue weighted by atomic mass is 10.2. The van der Waals surface area contributed by atoms with E-state index in [1.54, 1.807) is 6.07 Å². The Morgan fingerprint density at radius 1 is 1.59 bits per heavy atom. The van der Waals surface area contributed by atoms with Gasteiger partial charge in [0.25, 0.3) is 0 Å². The Bertz CT molecular complexity index is 375. The monoisotopic (exact) mass is 239 g/mol. The van der Waals surface area contributed by atoms with Crippen molar-refractivity contribution in [3.8, 4) is 0 Å². The van der Waals surface area contributed by atoms with Gasteiger partial charge < -0.3 is 14.7 Å². The summed E-state index contributed by atoms with van der Waals surface area (Å²) in [6.45, 7) is 5.35. The summed E-state index contributed by atoms with van der Waals surface area (Å²) >= 11 is 0. The minimum Gasteiger partial charge on any atom is -0.363 e. The van der Waals surface area contributed by atoms with E-state index in [0.717, 1.165) is 6.42 Å². The zero-order valence-corrected chi connectivity index (χ0v) is 10.3. The quantitative estimate of drug-likeness (QED) is 0.839. The summed E-state index contributed by atoms with van der Waals surface area (Å²) in [7, 11) is 0. The van der Waals surface area contributed by atoms with E-state index >= 15 is 0 Å². The average molecular weight is 239 g/mol. The summed E-state index contributed by atoms with van der Waals surface area (Å²) in [4.78, 5) is 24.6. The van der Waals surface area contributed by atoms with Gasteiger partial charge in [0.2, 0.25) is 11.8 Å². The normalized spacial score (nSPS) is 11.9. The zero-order chi connectivity index (χ0) is 12.8. The van der Waals surface area contributed by atoms with E-state index in [1.807, 2.05) is 13.8 Å². The molecule has 0 fully saturated rings. The molecule has 0 aliphatic rings. The predicted octanol–water partition coefficient (Wildman–Crippen LogP) is 1.26. The fourth-order valence-electron chi connectivity index (χ4n) is 1.41. The smallest absolute Gasteiger partial charge is 0.245 e. The van der Waals surface area contributed by atoms with Crippen LogP contribution in [0.2, 0.25) is 0 Å². The van der Waals surface area contributed by atoms with Crippen molar-refractivity contribution in [2.45, 2.75) is 33.2 Å².